The zero-order valence-corrected chi connectivity index (χ0v) is 9.47. The summed E-state index contributed by atoms with van der Waals surface area (Å²) in [5.41, 5.74) is -0.717. The Hall–Kier alpha value is -1.33. The molecule has 0 aromatic heterocycles. The minimum absolute atomic E-state index is 0.242. The van der Waals surface area contributed by atoms with Gasteiger partial charge >= 0.3 is 5.97 Å². The van der Waals surface area contributed by atoms with Crippen molar-refractivity contribution in [1.29, 1.82) is 0 Å². The summed E-state index contributed by atoms with van der Waals surface area (Å²) in [5.74, 6) is -2.65. The van der Waals surface area contributed by atoms with Gasteiger partial charge in [0.1, 0.15) is 11.4 Å². The van der Waals surface area contributed by atoms with Crippen LogP contribution in [0.5, 0.6) is 0 Å². The molecule has 0 aliphatic carbocycles. The third-order valence-electron chi connectivity index (χ3n) is 1.92. The van der Waals surface area contributed by atoms with Gasteiger partial charge in [-0.2, -0.15) is 0 Å². The van der Waals surface area contributed by atoms with E-state index in [1.807, 2.05) is 0 Å². The van der Waals surface area contributed by atoms with Crippen LogP contribution in [0.2, 0.25) is 5.02 Å². The lowest BCUT2D eigenvalue weighted by Gasteiger charge is -2.08. The minimum atomic E-state index is -1.52. The lowest BCUT2D eigenvalue weighted by molar-refractivity contribution is 0.0692. The number of carbonyl (C=O) groups is 1. The van der Waals surface area contributed by atoms with Crippen molar-refractivity contribution in [2.24, 2.45) is 5.16 Å². The van der Waals surface area contributed by atoms with Gasteiger partial charge in [-0.05, 0) is 18.6 Å². The lowest BCUT2D eigenvalue weighted by atomic mass is 10.0. The number of hydrogen-bond donors (Lipinski definition) is 2. The van der Waals surface area contributed by atoms with Gasteiger partial charge in [0.05, 0.1) is 10.6 Å². The van der Waals surface area contributed by atoms with E-state index in [0.717, 1.165) is 0 Å². The molecule has 86 valence electrons. The molecule has 0 spiro atoms. The highest BCUT2D eigenvalue weighted by Crippen LogP contribution is 2.27. The molecule has 0 heterocycles. The van der Waals surface area contributed by atoms with Gasteiger partial charge in [0, 0.05) is 0 Å². The second-order valence-corrected chi connectivity index (χ2v) is 3.70. The standard InChI is InChI=1S/C9H6Cl2FNO3/c1-3-2-4(10)6(9(14)15)7(12)5(3)8(11)13-16/h2,16H,1H3,(H,14,15). The van der Waals surface area contributed by atoms with E-state index in [1.54, 1.807) is 0 Å². The van der Waals surface area contributed by atoms with Crippen LogP contribution in [0.1, 0.15) is 21.5 Å². The third kappa shape index (κ3) is 2.10. The van der Waals surface area contributed by atoms with E-state index in [4.69, 9.17) is 33.5 Å². The van der Waals surface area contributed by atoms with Gasteiger partial charge < -0.3 is 10.3 Å². The normalized spacial score (nSPS) is 11.6. The maximum absolute atomic E-state index is 13.7. The van der Waals surface area contributed by atoms with Crippen LogP contribution in [-0.2, 0) is 0 Å². The predicted molar refractivity (Wildman–Crippen MR) is 57.3 cm³/mol. The van der Waals surface area contributed by atoms with Crippen LogP contribution in [0.4, 0.5) is 4.39 Å². The van der Waals surface area contributed by atoms with Crippen LogP contribution >= 0.6 is 23.2 Å². The van der Waals surface area contributed by atoms with E-state index in [2.05, 4.69) is 5.16 Å². The van der Waals surface area contributed by atoms with Gasteiger partial charge in [-0.1, -0.05) is 28.4 Å². The number of rotatable bonds is 2. The van der Waals surface area contributed by atoms with E-state index in [1.165, 1.54) is 13.0 Å². The summed E-state index contributed by atoms with van der Waals surface area (Å²) in [6.45, 7) is 1.46. The van der Waals surface area contributed by atoms with Crippen molar-refractivity contribution in [3.8, 4) is 0 Å². The topological polar surface area (TPSA) is 69.9 Å². The summed E-state index contributed by atoms with van der Waals surface area (Å²) >= 11 is 11.0. The Morgan fingerprint density at radius 1 is 1.50 bits per heavy atom. The highest BCUT2D eigenvalue weighted by molar-refractivity contribution is 6.69. The Bertz CT molecular complexity index is 488. The van der Waals surface area contributed by atoms with Gasteiger partial charge in [-0.3, -0.25) is 0 Å². The molecule has 0 unspecified atom stereocenters. The average molecular weight is 266 g/mol. The molecule has 0 fully saturated rings. The van der Waals surface area contributed by atoms with Gasteiger partial charge in [0.25, 0.3) is 0 Å². The fourth-order valence-corrected chi connectivity index (χ4v) is 1.80. The van der Waals surface area contributed by atoms with E-state index >= 15 is 0 Å². The van der Waals surface area contributed by atoms with Gasteiger partial charge in [0.2, 0.25) is 0 Å². The number of nitrogens with zero attached hydrogens (tertiary/aromatic N) is 1. The van der Waals surface area contributed by atoms with E-state index in [-0.39, 0.29) is 16.1 Å². The fraction of sp³-hybridized carbons (Fsp3) is 0.111. The number of hydrogen-bond acceptors (Lipinski definition) is 3. The maximum Gasteiger partial charge on any atom is 0.340 e. The molecule has 0 radical (unpaired) electrons. The first-order valence-corrected chi connectivity index (χ1v) is 4.75. The van der Waals surface area contributed by atoms with Crippen LogP contribution in [0.3, 0.4) is 0 Å². The molecule has 0 saturated heterocycles. The summed E-state index contributed by atoms with van der Waals surface area (Å²) in [6.07, 6.45) is 0. The Morgan fingerprint density at radius 2 is 2.06 bits per heavy atom. The largest absolute Gasteiger partial charge is 0.478 e. The predicted octanol–water partition coefficient (Wildman–Crippen LogP) is 2.86. The second kappa shape index (κ2) is 4.67. The highest BCUT2D eigenvalue weighted by atomic mass is 35.5. The number of carboxylic acids is 1. The monoisotopic (exact) mass is 265 g/mol. The minimum Gasteiger partial charge on any atom is -0.478 e. The molecule has 0 atom stereocenters. The Kier molecular flexibility index (Phi) is 3.72. The Morgan fingerprint density at radius 3 is 2.50 bits per heavy atom. The van der Waals surface area contributed by atoms with Crippen molar-refractivity contribution in [2.45, 2.75) is 6.92 Å². The number of oxime groups is 1. The van der Waals surface area contributed by atoms with Gasteiger partial charge in [-0.25, -0.2) is 9.18 Å². The molecule has 2 N–H and O–H groups in total. The molecular weight excluding hydrogens is 260 g/mol. The van der Waals surface area contributed by atoms with Crippen LogP contribution in [0.25, 0.3) is 0 Å². The molecule has 1 rings (SSSR count). The molecule has 1 aromatic carbocycles. The SMILES string of the molecule is Cc1cc(Cl)c(C(=O)O)c(F)c1C(Cl)=NO. The van der Waals surface area contributed by atoms with E-state index in [0.29, 0.717) is 0 Å². The van der Waals surface area contributed by atoms with Crippen LogP contribution in [0.15, 0.2) is 11.2 Å². The third-order valence-corrected chi connectivity index (χ3v) is 2.49. The number of aryl methyl sites for hydroxylation is 1. The van der Waals surface area contributed by atoms with Crippen LogP contribution in [-0.4, -0.2) is 21.5 Å². The molecule has 4 nitrogen and oxygen atoms in total. The zero-order valence-electron chi connectivity index (χ0n) is 7.96. The molecular formula is C9H6Cl2FNO3. The molecule has 7 heteroatoms. The van der Waals surface area contributed by atoms with E-state index < -0.39 is 22.5 Å². The Labute approximate surface area is 99.9 Å². The summed E-state index contributed by atoms with van der Waals surface area (Å²) in [4.78, 5) is 10.7. The number of halogens is 3. The second-order valence-electron chi connectivity index (χ2n) is 2.94. The van der Waals surface area contributed by atoms with E-state index in [9.17, 15) is 9.18 Å². The number of benzene rings is 1. The smallest absolute Gasteiger partial charge is 0.340 e. The summed E-state index contributed by atoms with van der Waals surface area (Å²) in [7, 11) is 0. The van der Waals surface area contributed by atoms with Gasteiger partial charge in [-0.15, -0.1) is 0 Å². The van der Waals surface area contributed by atoms with Crippen molar-refractivity contribution < 1.29 is 19.5 Å². The molecule has 1 aromatic rings. The number of carboxylic acid groups (broad SMARTS) is 1. The summed E-state index contributed by atoms with van der Waals surface area (Å²) in [5, 5.41) is 19.0. The quantitative estimate of drug-likeness (QED) is 0.491. The molecule has 0 amide bonds. The summed E-state index contributed by atoms with van der Waals surface area (Å²) in [6, 6.07) is 1.23. The van der Waals surface area contributed by atoms with Crippen LogP contribution < -0.4 is 0 Å². The summed E-state index contributed by atoms with van der Waals surface area (Å²) < 4.78 is 13.7. The maximum atomic E-state index is 13.7. The average Bonchev–Trinajstić information content (AvgIpc) is 2.15. The molecule has 0 aliphatic heterocycles. The lowest BCUT2D eigenvalue weighted by Crippen LogP contribution is -2.09. The highest BCUT2D eigenvalue weighted by Gasteiger charge is 2.23. The molecule has 0 bridgehead atoms. The number of aromatic carboxylic acids is 1. The molecule has 0 saturated carbocycles. The first kappa shape index (κ1) is 12.7. The molecule has 0 aliphatic rings. The van der Waals surface area contributed by atoms with Crippen molar-refractivity contribution in [2.75, 3.05) is 0 Å². The van der Waals surface area contributed by atoms with Crippen molar-refractivity contribution in [3.05, 3.63) is 33.6 Å². The zero-order chi connectivity index (χ0) is 12.5. The van der Waals surface area contributed by atoms with Crippen molar-refractivity contribution >= 4 is 34.3 Å². The fourth-order valence-electron chi connectivity index (χ4n) is 1.24. The van der Waals surface area contributed by atoms with Crippen LogP contribution in [0, 0.1) is 12.7 Å². The molecule has 16 heavy (non-hydrogen) atoms. The first-order chi connectivity index (χ1) is 7.40. The first-order valence-electron chi connectivity index (χ1n) is 4.00. The van der Waals surface area contributed by atoms with Gasteiger partial charge in [0.15, 0.2) is 5.17 Å². The van der Waals surface area contributed by atoms with Crippen molar-refractivity contribution in [1.82, 2.24) is 0 Å². The van der Waals surface area contributed by atoms with Crippen molar-refractivity contribution in [3.63, 3.8) is 0 Å². The Balaban J connectivity index is 3.64.